The van der Waals surface area contributed by atoms with Crippen LogP contribution in [0.4, 0.5) is 4.39 Å². The number of nitrogens with one attached hydrogen (secondary N) is 2. The van der Waals surface area contributed by atoms with Gasteiger partial charge in [0.25, 0.3) is 0 Å². The maximum atomic E-state index is 14.2. The molecule has 0 aliphatic rings. The van der Waals surface area contributed by atoms with Gasteiger partial charge in [0.05, 0.1) is 41.2 Å². The minimum Gasteiger partial charge on any atom is -0.497 e. The van der Waals surface area contributed by atoms with Gasteiger partial charge in [0.15, 0.2) is 11.5 Å². The lowest BCUT2D eigenvalue weighted by molar-refractivity contribution is 0.411. The number of para-hydroxylation sites is 1. The van der Waals surface area contributed by atoms with E-state index in [1.165, 1.54) is 19.2 Å². The topological polar surface area (TPSA) is 97.3 Å². The Morgan fingerprint density at radius 2 is 1.88 bits per heavy atom. The first-order valence-corrected chi connectivity index (χ1v) is 10.7. The van der Waals surface area contributed by atoms with Crippen molar-refractivity contribution in [3.05, 3.63) is 66.4 Å². The number of aryl methyl sites for hydroxylation is 1. The third kappa shape index (κ3) is 3.13. The van der Waals surface area contributed by atoms with Crippen LogP contribution in [0.25, 0.3) is 56.1 Å². The van der Waals surface area contributed by atoms with E-state index in [1.807, 2.05) is 55.1 Å². The molecule has 4 heterocycles. The van der Waals surface area contributed by atoms with Crippen molar-refractivity contribution in [2.75, 3.05) is 7.11 Å². The fourth-order valence-electron chi connectivity index (χ4n) is 4.16. The molecule has 0 atom stereocenters. The smallest absolute Gasteiger partial charge is 0.161 e. The summed E-state index contributed by atoms with van der Waals surface area (Å²) in [6.45, 7) is 1.95. The SMILES string of the molecule is COc1cc(F)cc(-c2cccc3[nH]c(-c4n[nH]c5ccc(-c6cnc(C)n6C)nc45)nc23)c1. The molecule has 0 amide bonds. The molecule has 34 heavy (non-hydrogen) atoms. The van der Waals surface area contributed by atoms with Gasteiger partial charge in [0.1, 0.15) is 22.9 Å². The predicted molar refractivity (Wildman–Crippen MR) is 128 cm³/mol. The molecule has 6 rings (SSSR count). The van der Waals surface area contributed by atoms with Gasteiger partial charge in [0, 0.05) is 18.7 Å². The van der Waals surface area contributed by atoms with Crippen molar-refractivity contribution in [1.82, 2.24) is 34.7 Å². The molecular weight excluding hydrogens is 433 g/mol. The lowest BCUT2D eigenvalue weighted by Crippen LogP contribution is -1.96. The maximum absolute atomic E-state index is 14.2. The summed E-state index contributed by atoms with van der Waals surface area (Å²) in [5.41, 5.74) is 6.80. The number of aromatic nitrogens is 7. The highest BCUT2D eigenvalue weighted by atomic mass is 19.1. The Morgan fingerprint density at radius 1 is 1.00 bits per heavy atom. The third-order valence-electron chi connectivity index (χ3n) is 6.05. The van der Waals surface area contributed by atoms with Crippen molar-refractivity contribution >= 4 is 22.1 Å². The number of hydrogen-bond acceptors (Lipinski definition) is 5. The van der Waals surface area contributed by atoms with Crippen molar-refractivity contribution in [3.8, 4) is 39.8 Å². The fraction of sp³-hybridized carbons (Fsp3) is 0.120. The Bertz CT molecular complexity index is 1690. The standard InChI is InChI=1S/C25H20FN7O/c1-13-27-12-21(33(13)2)18-7-8-20-23(28-18)24(32-31-20)25-29-19-6-4-5-17(22(19)30-25)14-9-15(26)11-16(10-14)34-3/h4-12H,1-3H3,(H,29,30)(H,31,32). The molecule has 6 aromatic rings. The summed E-state index contributed by atoms with van der Waals surface area (Å²) < 4.78 is 21.4. The van der Waals surface area contributed by atoms with Crippen molar-refractivity contribution < 1.29 is 9.13 Å². The molecule has 0 bridgehead atoms. The highest BCUT2D eigenvalue weighted by Crippen LogP contribution is 2.33. The number of aromatic amines is 2. The van der Waals surface area contributed by atoms with E-state index >= 15 is 0 Å². The maximum Gasteiger partial charge on any atom is 0.161 e. The van der Waals surface area contributed by atoms with E-state index < -0.39 is 0 Å². The lowest BCUT2D eigenvalue weighted by Gasteiger charge is -2.06. The summed E-state index contributed by atoms with van der Waals surface area (Å²) in [6.07, 6.45) is 1.81. The zero-order valence-corrected chi connectivity index (χ0v) is 18.7. The number of pyridine rings is 1. The zero-order chi connectivity index (χ0) is 23.4. The molecule has 0 aliphatic heterocycles. The quantitative estimate of drug-likeness (QED) is 0.390. The molecule has 0 saturated carbocycles. The van der Waals surface area contributed by atoms with E-state index in [0.717, 1.165) is 33.8 Å². The summed E-state index contributed by atoms with van der Waals surface area (Å²) in [5, 5.41) is 7.52. The number of fused-ring (bicyclic) bond motifs is 2. The first-order chi connectivity index (χ1) is 16.5. The summed E-state index contributed by atoms with van der Waals surface area (Å²) in [5.74, 6) is 1.55. The van der Waals surface area contributed by atoms with Gasteiger partial charge in [-0.05, 0) is 42.8 Å². The predicted octanol–water partition coefficient (Wildman–Crippen LogP) is 5.02. The molecule has 0 radical (unpaired) electrons. The molecule has 2 N–H and O–H groups in total. The van der Waals surface area contributed by atoms with Crippen LogP contribution in [0.5, 0.6) is 5.75 Å². The van der Waals surface area contributed by atoms with Crippen LogP contribution in [-0.2, 0) is 7.05 Å². The lowest BCUT2D eigenvalue weighted by atomic mass is 10.0. The summed E-state index contributed by atoms with van der Waals surface area (Å²) in [6, 6.07) is 14.2. The Hall–Kier alpha value is -4.53. The number of nitrogens with zero attached hydrogens (tertiary/aromatic N) is 5. The van der Waals surface area contributed by atoms with Crippen LogP contribution in [0.15, 0.2) is 54.7 Å². The van der Waals surface area contributed by atoms with E-state index in [4.69, 9.17) is 14.7 Å². The van der Waals surface area contributed by atoms with E-state index in [1.54, 1.807) is 6.07 Å². The van der Waals surface area contributed by atoms with Gasteiger partial charge in [-0.3, -0.25) is 5.10 Å². The summed E-state index contributed by atoms with van der Waals surface area (Å²) >= 11 is 0. The molecule has 0 fully saturated rings. The van der Waals surface area contributed by atoms with Crippen LogP contribution in [0, 0.1) is 12.7 Å². The monoisotopic (exact) mass is 453 g/mol. The number of halogens is 1. The number of benzene rings is 2. The minimum absolute atomic E-state index is 0.373. The summed E-state index contributed by atoms with van der Waals surface area (Å²) in [4.78, 5) is 17.4. The number of ether oxygens (including phenoxy) is 1. The first kappa shape index (κ1) is 20.1. The van der Waals surface area contributed by atoms with E-state index in [2.05, 4.69) is 20.2 Å². The van der Waals surface area contributed by atoms with Crippen LogP contribution in [0.2, 0.25) is 0 Å². The summed E-state index contributed by atoms with van der Waals surface area (Å²) in [7, 11) is 3.48. The number of imidazole rings is 2. The second-order valence-electron chi connectivity index (χ2n) is 8.08. The highest BCUT2D eigenvalue weighted by Gasteiger charge is 2.18. The highest BCUT2D eigenvalue weighted by molar-refractivity contribution is 5.96. The molecule has 0 unspecified atom stereocenters. The van der Waals surface area contributed by atoms with Crippen molar-refractivity contribution in [1.29, 1.82) is 0 Å². The van der Waals surface area contributed by atoms with Gasteiger partial charge in [-0.25, -0.2) is 19.3 Å². The molecule has 168 valence electrons. The van der Waals surface area contributed by atoms with Crippen LogP contribution < -0.4 is 4.74 Å². The average Bonchev–Trinajstić information content (AvgIpc) is 3.54. The molecular formula is C25H20FN7O. The Labute approximate surface area is 193 Å². The first-order valence-electron chi connectivity index (χ1n) is 10.7. The third-order valence-corrected chi connectivity index (χ3v) is 6.05. The van der Waals surface area contributed by atoms with Gasteiger partial charge >= 0.3 is 0 Å². The molecule has 8 nitrogen and oxygen atoms in total. The number of methoxy groups -OCH3 is 1. The second kappa shape index (κ2) is 7.51. The zero-order valence-electron chi connectivity index (χ0n) is 18.7. The molecule has 0 saturated heterocycles. The van der Waals surface area contributed by atoms with Crippen LogP contribution in [-0.4, -0.2) is 41.8 Å². The van der Waals surface area contributed by atoms with Crippen molar-refractivity contribution in [3.63, 3.8) is 0 Å². The number of hydrogen-bond donors (Lipinski definition) is 2. The van der Waals surface area contributed by atoms with E-state index in [0.29, 0.717) is 33.9 Å². The Kier molecular flexibility index (Phi) is 4.44. The van der Waals surface area contributed by atoms with Crippen LogP contribution >= 0.6 is 0 Å². The Balaban J connectivity index is 1.50. The fourth-order valence-corrected chi connectivity index (χ4v) is 4.16. The average molecular weight is 453 g/mol. The second-order valence-corrected chi connectivity index (χ2v) is 8.08. The van der Waals surface area contributed by atoms with Crippen LogP contribution in [0.1, 0.15) is 5.82 Å². The largest absolute Gasteiger partial charge is 0.497 e. The molecule has 4 aromatic heterocycles. The molecule has 0 spiro atoms. The van der Waals surface area contributed by atoms with Gasteiger partial charge in [-0.2, -0.15) is 5.10 Å². The van der Waals surface area contributed by atoms with E-state index in [-0.39, 0.29) is 5.82 Å². The van der Waals surface area contributed by atoms with Crippen LogP contribution in [0.3, 0.4) is 0 Å². The Morgan fingerprint density at radius 3 is 2.68 bits per heavy atom. The molecule has 9 heteroatoms. The molecule has 2 aromatic carbocycles. The molecule has 0 aliphatic carbocycles. The number of rotatable bonds is 4. The van der Waals surface area contributed by atoms with Gasteiger partial charge in [-0.1, -0.05) is 12.1 Å². The van der Waals surface area contributed by atoms with Crippen molar-refractivity contribution in [2.45, 2.75) is 6.92 Å². The number of H-pyrrole nitrogens is 2. The van der Waals surface area contributed by atoms with E-state index in [9.17, 15) is 4.39 Å². The normalized spacial score (nSPS) is 11.5. The van der Waals surface area contributed by atoms with Gasteiger partial charge in [0.2, 0.25) is 0 Å². The van der Waals surface area contributed by atoms with Crippen molar-refractivity contribution in [2.24, 2.45) is 7.05 Å². The minimum atomic E-state index is -0.373. The van der Waals surface area contributed by atoms with Gasteiger partial charge < -0.3 is 14.3 Å². The van der Waals surface area contributed by atoms with Gasteiger partial charge in [-0.15, -0.1) is 0 Å².